The molecule has 1 saturated heterocycles. The number of carbonyl (C=O) groups excluding carboxylic acids is 1. The van der Waals surface area contributed by atoms with Gasteiger partial charge in [0.15, 0.2) is 15.6 Å². The average Bonchev–Trinajstić information content (AvgIpc) is 3.24. The third-order valence-electron chi connectivity index (χ3n) is 5.68. The van der Waals surface area contributed by atoms with Gasteiger partial charge < -0.3 is 9.47 Å². The van der Waals surface area contributed by atoms with Gasteiger partial charge in [0.1, 0.15) is 0 Å². The number of para-hydroxylation sites is 1. The number of hydrogen-bond acceptors (Lipinski definition) is 4. The number of aromatic nitrogens is 1. The maximum Gasteiger partial charge on any atom is 0.183 e. The molecule has 6 heteroatoms. The van der Waals surface area contributed by atoms with E-state index in [4.69, 9.17) is 0 Å². The van der Waals surface area contributed by atoms with Crippen LogP contribution in [0, 0.1) is 13.8 Å². The highest BCUT2D eigenvalue weighted by Gasteiger charge is 2.32. The van der Waals surface area contributed by atoms with Gasteiger partial charge in [-0.2, -0.15) is 0 Å². The molecule has 1 fully saturated rings. The minimum Gasteiger partial charge on any atom is -0.363 e. The van der Waals surface area contributed by atoms with Gasteiger partial charge in [0.25, 0.3) is 0 Å². The van der Waals surface area contributed by atoms with Crippen molar-refractivity contribution < 1.29 is 13.2 Å². The molecule has 1 atom stereocenters. The number of Topliss-reactive ketones (excluding diaryl/α,β-unsaturated/α-hetero) is 1. The molecule has 4 rings (SSSR count). The molecule has 0 saturated carbocycles. The van der Waals surface area contributed by atoms with Gasteiger partial charge >= 0.3 is 0 Å². The maximum absolute atomic E-state index is 13.0. The number of benzene rings is 1. The molecule has 138 valence electrons. The molecular weight excluding hydrogens is 348 g/mol. The van der Waals surface area contributed by atoms with E-state index in [0.29, 0.717) is 13.0 Å². The fourth-order valence-electron chi connectivity index (χ4n) is 4.43. The summed E-state index contributed by atoms with van der Waals surface area (Å²) >= 11 is 0. The van der Waals surface area contributed by atoms with E-state index >= 15 is 0 Å². The largest absolute Gasteiger partial charge is 0.363 e. The predicted molar refractivity (Wildman–Crippen MR) is 103 cm³/mol. The van der Waals surface area contributed by atoms with Crippen molar-refractivity contribution in [2.75, 3.05) is 29.5 Å². The molecule has 0 bridgehead atoms. The Morgan fingerprint density at radius 2 is 2.00 bits per heavy atom. The van der Waals surface area contributed by atoms with Crippen LogP contribution in [0.1, 0.15) is 39.8 Å². The van der Waals surface area contributed by atoms with Gasteiger partial charge in [-0.3, -0.25) is 4.79 Å². The number of hydrogen-bond donors (Lipinski definition) is 0. The zero-order chi connectivity index (χ0) is 18.5. The van der Waals surface area contributed by atoms with Crippen molar-refractivity contribution in [3.05, 3.63) is 52.8 Å². The van der Waals surface area contributed by atoms with Crippen molar-refractivity contribution >= 4 is 21.3 Å². The molecule has 1 aromatic heterocycles. The molecule has 5 nitrogen and oxygen atoms in total. The van der Waals surface area contributed by atoms with E-state index < -0.39 is 9.84 Å². The minimum atomic E-state index is -2.95. The zero-order valence-electron chi connectivity index (χ0n) is 15.2. The summed E-state index contributed by atoms with van der Waals surface area (Å²) in [6.07, 6.45) is 1.61. The Morgan fingerprint density at radius 1 is 1.23 bits per heavy atom. The van der Waals surface area contributed by atoms with Crippen molar-refractivity contribution in [2.45, 2.75) is 32.7 Å². The number of anilines is 1. The van der Waals surface area contributed by atoms with Crippen LogP contribution < -0.4 is 4.90 Å². The summed E-state index contributed by atoms with van der Waals surface area (Å²) in [6.45, 7) is 5.12. The minimum absolute atomic E-state index is 0.0472. The molecule has 0 amide bonds. The Hall–Kier alpha value is -2.08. The van der Waals surface area contributed by atoms with E-state index in [0.717, 1.165) is 35.6 Å². The van der Waals surface area contributed by atoms with Gasteiger partial charge in [-0.15, -0.1) is 0 Å². The van der Waals surface area contributed by atoms with Crippen molar-refractivity contribution in [3.8, 4) is 0 Å². The first-order valence-electron chi connectivity index (χ1n) is 9.10. The average molecular weight is 372 g/mol. The molecule has 2 aromatic rings. The fourth-order valence-corrected chi connectivity index (χ4v) is 6.13. The van der Waals surface area contributed by atoms with Crippen molar-refractivity contribution in [1.82, 2.24) is 4.57 Å². The molecule has 1 aromatic carbocycles. The molecule has 0 N–H and O–H groups in total. The summed E-state index contributed by atoms with van der Waals surface area (Å²) in [5, 5.41) is 0. The Bertz CT molecular complexity index is 975. The van der Waals surface area contributed by atoms with E-state index in [2.05, 4.69) is 21.6 Å². The lowest BCUT2D eigenvalue weighted by molar-refractivity contribution is 0.0998. The Morgan fingerprint density at radius 3 is 2.73 bits per heavy atom. The SMILES string of the molecule is Cc1cc(C(=O)CN2CCc3ccccc32)c(C)n1[C@H]1CCS(=O)(=O)C1. The number of nitrogens with zero attached hydrogens (tertiary/aromatic N) is 2. The predicted octanol–water partition coefficient (Wildman–Crippen LogP) is 2.71. The fraction of sp³-hybridized carbons (Fsp3) is 0.450. The maximum atomic E-state index is 13.0. The second-order valence-electron chi connectivity index (χ2n) is 7.44. The van der Waals surface area contributed by atoms with Crippen LogP contribution in [0.4, 0.5) is 5.69 Å². The summed E-state index contributed by atoms with van der Waals surface area (Å²) < 4.78 is 25.7. The van der Waals surface area contributed by atoms with E-state index in [1.807, 2.05) is 32.0 Å². The molecule has 26 heavy (non-hydrogen) atoms. The first-order valence-corrected chi connectivity index (χ1v) is 10.9. The first-order chi connectivity index (χ1) is 12.4. The number of fused-ring (bicyclic) bond motifs is 1. The van der Waals surface area contributed by atoms with E-state index in [9.17, 15) is 13.2 Å². The van der Waals surface area contributed by atoms with Crippen LogP contribution in [0.15, 0.2) is 30.3 Å². The Balaban J connectivity index is 1.57. The van der Waals surface area contributed by atoms with Crippen molar-refractivity contribution in [3.63, 3.8) is 0 Å². The topological polar surface area (TPSA) is 59.4 Å². The van der Waals surface area contributed by atoms with Gasteiger partial charge in [0.05, 0.1) is 18.1 Å². The van der Waals surface area contributed by atoms with Gasteiger partial charge in [0.2, 0.25) is 0 Å². The van der Waals surface area contributed by atoms with Crippen molar-refractivity contribution in [2.24, 2.45) is 0 Å². The van der Waals surface area contributed by atoms with Crippen LogP contribution in [-0.4, -0.2) is 43.4 Å². The van der Waals surface area contributed by atoms with Gasteiger partial charge in [-0.1, -0.05) is 18.2 Å². The molecule has 0 aliphatic carbocycles. The monoisotopic (exact) mass is 372 g/mol. The summed E-state index contributed by atoms with van der Waals surface area (Å²) in [5.74, 6) is 0.515. The van der Waals surface area contributed by atoms with Crippen LogP contribution in [0.5, 0.6) is 0 Å². The summed E-state index contributed by atoms with van der Waals surface area (Å²) in [6, 6.07) is 10.1. The third-order valence-corrected chi connectivity index (χ3v) is 7.43. The summed E-state index contributed by atoms with van der Waals surface area (Å²) in [7, 11) is -2.95. The number of ketones is 1. The van der Waals surface area contributed by atoms with Gasteiger partial charge in [-0.05, 0) is 44.4 Å². The lowest BCUT2D eigenvalue weighted by atomic mass is 10.1. The summed E-state index contributed by atoms with van der Waals surface area (Å²) in [5.41, 5.74) is 5.02. The normalized spacial score (nSPS) is 21.2. The van der Waals surface area contributed by atoms with Gasteiger partial charge in [-0.25, -0.2) is 8.42 Å². The third kappa shape index (κ3) is 2.96. The molecule has 3 heterocycles. The highest BCUT2D eigenvalue weighted by molar-refractivity contribution is 7.91. The molecule has 0 radical (unpaired) electrons. The lowest BCUT2D eigenvalue weighted by Gasteiger charge is -2.19. The zero-order valence-corrected chi connectivity index (χ0v) is 16.1. The van der Waals surface area contributed by atoms with E-state index in [-0.39, 0.29) is 23.3 Å². The van der Waals surface area contributed by atoms with Gasteiger partial charge in [0, 0.05) is 35.2 Å². The Kier molecular flexibility index (Phi) is 4.18. The number of rotatable bonds is 4. The Labute approximate surface area is 154 Å². The second-order valence-corrected chi connectivity index (χ2v) is 9.66. The number of carbonyl (C=O) groups is 1. The van der Waals surface area contributed by atoms with Crippen LogP contribution in [0.25, 0.3) is 0 Å². The van der Waals surface area contributed by atoms with Crippen LogP contribution >= 0.6 is 0 Å². The van der Waals surface area contributed by atoms with E-state index in [1.54, 1.807) is 0 Å². The molecule has 2 aliphatic heterocycles. The number of sulfone groups is 1. The molecular formula is C20H24N2O3S. The molecule has 2 aliphatic rings. The van der Waals surface area contributed by atoms with Crippen LogP contribution in [0.3, 0.4) is 0 Å². The molecule has 0 unspecified atom stereocenters. The highest BCUT2D eigenvalue weighted by Crippen LogP contribution is 2.31. The van der Waals surface area contributed by atoms with Crippen LogP contribution in [-0.2, 0) is 16.3 Å². The van der Waals surface area contributed by atoms with Crippen LogP contribution in [0.2, 0.25) is 0 Å². The second kappa shape index (κ2) is 6.27. The van der Waals surface area contributed by atoms with E-state index in [1.165, 1.54) is 5.56 Å². The number of aryl methyl sites for hydroxylation is 1. The lowest BCUT2D eigenvalue weighted by Crippen LogP contribution is -2.28. The standard InChI is InChI=1S/C20H24N2O3S/c1-14-11-18(15(2)22(14)17-8-10-26(24,25)13-17)20(23)12-21-9-7-16-5-3-4-6-19(16)21/h3-6,11,17H,7-10,12-13H2,1-2H3/t17-/m0/s1. The first kappa shape index (κ1) is 17.3. The van der Waals surface area contributed by atoms with Crippen molar-refractivity contribution in [1.29, 1.82) is 0 Å². The smallest absolute Gasteiger partial charge is 0.183 e. The molecule has 0 spiro atoms. The highest BCUT2D eigenvalue weighted by atomic mass is 32.2. The quantitative estimate of drug-likeness (QED) is 0.775. The summed E-state index contributed by atoms with van der Waals surface area (Å²) in [4.78, 5) is 15.1.